The molecule has 17 heavy (non-hydrogen) atoms. The topological polar surface area (TPSA) is 24.5 Å². The Morgan fingerprint density at radius 2 is 2.06 bits per heavy atom. The first-order valence-electron chi connectivity index (χ1n) is 7.21. The van der Waals surface area contributed by atoms with E-state index in [-0.39, 0.29) is 0 Å². The third-order valence-corrected chi connectivity index (χ3v) is 3.62. The Bertz CT molecular complexity index is 179. The van der Waals surface area contributed by atoms with Gasteiger partial charge in [-0.1, -0.05) is 20.3 Å². The highest BCUT2D eigenvalue weighted by atomic mass is 16.5. The number of nitrogens with one attached hydrogen (secondary N) is 1. The molecule has 1 saturated heterocycles. The molecule has 1 rings (SSSR count). The molecule has 1 aliphatic heterocycles. The average Bonchev–Trinajstić information content (AvgIpc) is 2.35. The van der Waals surface area contributed by atoms with E-state index in [4.69, 9.17) is 4.74 Å². The van der Waals surface area contributed by atoms with Crippen molar-refractivity contribution in [1.29, 1.82) is 0 Å². The van der Waals surface area contributed by atoms with Gasteiger partial charge in [-0.15, -0.1) is 0 Å². The van der Waals surface area contributed by atoms with E-state index in [0.717, 1.165) is 19.2 Å². The van der Waals surface area contributed by atoms with Crippen molar-refractivity contribution >= 4 is 0 Å². The first kappa shape index (κ1) is 14.9. The number of unbranched alkanes of at least 4 members (excludes halogenated alkanes) is 1. The smallest absolute Gasteiger partial charge is 0.0499 e. The predicted molar refractivity (Wildman–Crippen MR) is 73.4 cm³/mol. The van der Waals surface area contributed by atoms with Crippen LogP contribution in [0, 0.1) is 5.92 Å². The summed E-state index contributed by atoms with van der Waals surface area (Å²) in [7, 11) is 1.78. The number of likely N-dealkylation sites (tertiary alicyclic amines) is 1. The summed E-state index contributed by atoms with van der Waals surface area (Å²) >= 11 is 0. The molecule has 1 unspecified atom stereocenters. The molecule has 0 saturated carbocycles. The molecule has 1 atom stereocenters. The summed E-state index contributed by atoms with van der Waals surface area (Å²) in [5.74, 6) is 0.623. The van der Waals surface area contributed by atoms with Gasteiger partial charge >= 0.3 is 0 Å². The molecule has 0 aliphatic carbocycles. The third kappa shape index (κ3) is 6.39. The van der Waals surface area contributed by atoms with E-state index in [1.807, 2.05) is 0 Å². The van der Waals surface area contributed by atoms with E-state index in [1.54, 1.807) is 7.11 Å². The van der Waals surface area contributed by atoms with E-state index < -0.39 is 0 Å². The van der Waals surface area contributed by atoms with Gasteiger partial charge in [0.15, 0.2) is 0 Å². The number of piperidine rings is 1. The SMILES string of the molecule is CCCCN1CCC(NCC(C)COC)CC1. The maximum absolute atomic E-state index is 5.16. The van der Waals surface area contributed by atoms with Crippen LogP contribution in [0.5, 0.6) is 0 Å². The second-order valence-electron chi connectivity index (χ2n) is 5.44. The molecular formula is C14H30N2O. The summed E-state index contributed by atoms with van der Waals surface area (Å²) in [4.78, 5) is 2.61. The first-order valence-corrected chi connectivity index (χ1v) is 7.21. The second-order valence-corrected chi connectivity index (χ2v) is 5.44. The maximum atomic E-state index is 5.16. The molecule has 1 fully saturated rings. The molecule has 3 nitrogen and oxygen atoms in total. The van der Waals surface area contributed by atoms with E-state index >= 15 is 0 Å². The monoisotopic (exact) mass is 242 g/mol. The van der Waals surface area contributed by atoms with Gasteiger partial charge in [0.25, 0.3) is 0 Å². The Balaban J connectivity index is 2.06. The molecule has 1 aliphatic rings. The summed E-state index contributed by atoms with van der Waals surface area (Å²) in [5, 5.41) is 3.68. The summed E-state index contributed by atoms with van der Waals surface area (Å²) in [6, 6.07) is 0.729. The second kappa shape index (κ2) is 8.90. The van der Waals surface area contributed by atoms with Crippen LogP contribution in [0.2, 0.25) is 0 Å². The first-order chi connectivity index (χ1) is 8.26. The number of methoxy groups -OCH3 is 1. The molecule has 0 aromatic heterocycles. The van der Waals surface area contributed by atoms with Gasteiger partial charge in [-0.2, -0.15) is 0 Å². The van der Waals surface area contributed by atoms with E-state index in [1.165, 1.54) is 45.3 Å². The molecule has 0 spiro atoms. The fourth-order valence-corrected chi connectivity index (χ4v) is 2.45. The maximum Gasteiger partial charge on any atom is 0.0499 e. The Kier molecular flexibility index (Phi) is 7.82. The summed E-state index contributed by atoms with van der Waals surface area (Å²) in [5.41, 5.74) is 0. The van der Waals surface area contributed by atoms with Crippen LogP contribution in [0.1, 0.15) is 39.5 Å². The largest absolute Gasteiger partial charge is 0.384 e. The van der Waals surface area contributed by atoms with E-state index in [2.05, 4.69) is 24.1 Å². The quantitative estimate of drug-likeness (QED) is 0.705. The van der Waals surface area contributed by atoms with Crippen LogP contribution in [0.15, 0.2) is 0 Å². The highest BCUT2D eigenvalue weighted by molar-refractivity contribution is 4.77. The minimum atomic E-state index is 0.623. The minimum absolute atomic E-state index is 0.623. The summed E-state index contributed by atoms with van der Waals surface area (Å²) in [6.45, 7) is 10.3. The van der Waals surface area contributed by atoms with Crippen LogP contribution in [0.4, 0.5) is 0 Å². The van der Waals surface area contributed by atoms with Gasteiger partial charge in [-0.3, -0.25) is 0 Å². The average molecular weight is 242 g/mol. The lowest BCUT2D eigenvalue weighted by molar-refractivity contribution is 0.149. The molecule has 102 valence electrons. The van der Waals surface area contributed by atoms with Crippen molar-refractivity contribution in [3.05, 3.63) is 0 Å². The highest BCUT2D eigenvalue weighted by Gasteiger charge is 2.18. The minimum Gasteiger partial charge on any atom is -0.384 e. The highest BCUT2D eigenvalue weighted by Crippen LogP contribution is 2.11. The Morgan fingerprint density at radius 3 is 2.65 bits per heavy atom. The van der Waals surface area contributed by atoms with Crippen LogP contribution in [0.25, 0.3) is 0 Å². The van der Waals surface area contributed by atoms with Gasteiger partial charge in [0, 0.05) is 26.3 Å². The lowest BCUT2D eigenvalue weighted by Gasteiger charge is -2.32. The fourth-order valence-electron chi connectivity index (χ4n) is 2.45. The van der Waals surface area contributed by atoms with Gasteiger partial charge < -0.3 is 15.0 Å². The zero-order chi connectivity index (χ0) is 12.5. The normalized spacial score (nSPS) is 20.6. The van der Waals surface area contributed by atoms with Crippen molar-refractivity contribution in [3.63, 3.8) is 0 Å². The van der Waals surface area contributed by atoms with Crippen molar-refractivity contribution in [2.75, 3.05) is 39.9 Å². The van der Waals surface area contributed by atoms with E-state index in [9.17, 15) is 0 Å². The number of nitrogens with zero attached hydrogens (tertiary/aromatic N) is 1. The van der Waals surface area contributed by atoms with Crippen molar-refractivity contribution in [2.24, 2.45) is 5.92 Å². The summed E-state index contributed by atoms with van der Waals surface area (Å²) < 4.78 is 5.16. The number of hydrogen-bond acceptors (Lipinski definition) is 3. The van der Waals surface area contributed by atoms with Gasteiger partial charge in [0.2, 0.25) is 0 Å². The number of hydrogen-bond donors (Lipinski definition) is 1. The van der Waals surface area contributed by atoms with Crippen LogP contribution in [-0.4, -0.2) is 50.8 Å². The van der Waals surface area contributed by atoms with Crippen LogP contribution >= 0.6 is 0 Å². The molecule has 3 heteroatoms. The number of ether oxygens (including phenoxy) is 1. The molecule has 0 radical (unpaired) electrons. The molecule has 1 N–H and O–H groups in total. The zero-order valence-corrected chi connectivity index (χ0v) is 11.9. The van der Waals surface area contributed by atoms with Crippen LogP contribution in [-0.2, 0) is 4.74 Å². The molecule has 1 heterocycles. The van der Waals surface area contributed by atoms with Gasteiger partial charge in [0.05, 0.1) is 0 Å². The molecule has 0 aromatic rings. The fraction of sp³-hybridized carbons (Fsp3) is 1.00. The van der Waals surface area contributed by atoms with Crippen molar-refractivity contribution in [1.82, 2.24) is 10.2 Å². The van der Waals surface area contributed by atoms with E-state index in [0.29, 0.717) is 5.92 Å². The lowest BCUT2D eigenvalue weighted by atomic mass is 10.0. The van der Waals surface area contributed by atoms with Gasteiger partial charge in [0.1, 0.15) is 0 Å². The lowest BCUT2D eigenvalue weighted by Crippen LogP contribution is -2.44. The molecular weight excluding hydrogens is 212 g/mol. The van der Waals surface area contributed by atoms with Gasteiger partial charge in [-0.05, 0) is 44.8 Å². The van der Waals surface area contributed by atoms with Crippen molar-refractivity contribution in [2.45, 2.75) is 45.6 Å². The molecule has 0 aromatic carbocycles. The Morgan fingerprint density at radius 1 is 1.35 bits per heavy atom. The molecule has 0 bridgehead atoms. The van der Waals surface area contributed by atoms with Gasteiger partial charge in [-0.25, -0.2) is 0 Å². The van der Waals surface area contributed by atoms with Crippen LogP contribution in [0.3, 0.4) is 0 Å². The Hall–Kier alpha value is -0.120. The zero-order valence-electron chi connectivity index (χ0n) is 11.9. The third-order valence-electron chi connectivity index (χ3n) is 3.62. The predicted octanol–water partition coefficient (Wildman–Crippen LogP) is 2.12. The summed E-state index contributed by atoms with van der Waals surface area (Å²) in [6.07, 6.45) is 5.28. The van der Waals surface area contributed by atoms with Crippen molar-refractivity contribution in [3.8, 4) is 0 Å². The standard InChI is InChI=1S/C14H30N2O/c1-4-5-8-16-9-6-14(7-10-16)15-11-13(2)12-17-3/h13-15H,4-12H2,1-3H3. The Labute approximate surface area is 107 Å². The van der Waals surface area contributed by atoms with Crippen LogP contribution < -0.4 is 5.32 Å². The van der Waals surface area contributed by atoms with Crippen molar-refractivity contribution < 1.29 is 4.74 Å². The molecule has 0 amide bonds. The number of rotatable bonds is 8.